The Morgan fingerprint density at radius 3 is 2.33 bits per heavy atom. The van der Waals surface area contributed by atoms with Gasteiger partial charge in [-0.15, -0.1) is 0 Å². The van der Waals surface area contributed by atoms with Crippen LogP contribution >= 0.6 is 0 Å². The lowest BCUT2D eigenvalue weighted by Gasteiger charge is -2.46. The Hall–Kier alpha value is -2.41. The van der Waals surface area contributed by atoms with Crippen LogP contribution in [0.4, 0.5) is 5.69 Å². The molecular weight excluding hydrogens is 384 g/mol. The first-order chi connectivity index (χ1) is 14.5. The van der Waals surface area contributed by atoms with Gasteiger partial charge in [-0.1, -0.05) is 38.5 Å². The summed E-state index contributed by atoms with van der Waals surface area (Å²) in [5.41, 5.74) is -0.343. The number of anilines is 1. The predicted molar refractivity (Wildman–Crippen MR) is 115 cm³/mol. The van der Waals surface area contributed by atoms with E-state index in [-0.39, 0.29) is 11.9 Å². The second-order valence-corrected chi connectivity index (χ2v) is 7.61. The van der Waals surface area contributed by atoms with Gasteiger partial charge < -0.3 is 14.4 Å². The Bertz CT molecular complexity index is 699. The maximum Gasteiger partial charge on any atom is 0.332 e. The van der Waals surface area contributed by atoms with Crippen LogP contribution in [0.2, 0.25) is 0 Å². The van der Waals surface area contributed by atoms with Gasteiger partial charge in [-0.2, -0.15) is 0 Å². The monoisotopic (exact) mass is 418 g/mol. The number of rotatable bonds is 10. The van der Waals surface area contributed by atoms with Gasteiger partial charge >= 0.3 is 11.9 Å². The van der Waals surface area contributed by atoms with Crippen LogP contribution in [-0.4, -0.2) is 61.6 Å². The van der Waals surface area contributed by atoms with Gasteiger partial charge in [0.15, 0.2) is 0 Å². The summed E-state index contributed by atoms with van der Waals surface area (Å²) in [5.74, 6) is -0.702. The van der Waals surface area contributed by atoms with Crippen molar-refractivity contribution in [2.45, 2.75) is 57.9 Å². The Labute approximate surface area is 179 Å². The Balaban J connectivity index is 2.11. The van der Waals surface area contributed by atoms with Crippen LogP contribution in [0.3, 0.4) is 0 Å². The van der Waals surface area contributed by atoms with Crippen LogP contribution in [0.25, 0.3) is 0 Å². The number of carbonyl (C=O) groups is 3. The number of carbonyl (C=O) groups excluding carboxylic acids is 3. The number of hydrogen-bond acceptors (Lipinski definition) is 6. The number of benzene rings is 1. The lowest BCUT2D eigenvalue weighted by Crippen LogP contribution is -2.62. The molecule has 0 saturated carbocycles. The molecule has 166 valence electrons. The zero-order chi connectivity index (χ0) is 22.0. The Morgan fingerprint density at radius 1 is 1.10 bits per heavy atom. The van der Waals surface area contributed by atoms with Gasteiger partial charge in [-0.05, 0) is 31.4 Å². The molecule has 0 bridgehead atoms. The first kappa shape index (κ1) is 23.9. The molecule has 1 aromatic rings. The molecule has 1 aromatic carbocycles. The van der Waals surface area contributed by atoms with Crippen molar-refractivity contribution in [3.05, 3.63) is 30.3 Å². The lowest BCUT2D eigenvalue weighted by atomic mass is 9.84. The number of amides is 1. The molecule has 1 heterocycles. The molecule has 7 nitrogen and oxygen atoms in total. The second kappa shape index (κ2) is 11.7. The predicted octanol–water partition coefficient (Wildman–Crippen LogP) is 3.17. The number of likely N-dealkylation sites (tertiary alicyclic amines) is 1. The summed E-state index contributed by atoms with van der Waals surface area (Å²) in [6.45, 7) is 6.08. The van der Waals surface area contributed by atoms with E-state index in [0.29, 0.717) is 57.6 Å². The molecule has 2 rings (SSSR count). The molecule has 1 aliphatic heterocycles. The molecule has 0 aliphatic carbocycles. The molecule has 0 aromatic heterocycles. The number of unbranched alkanes of at least 4 members (excludes halogenated alkanes) is 1. The molecule has 1 saturated heterocycles. The van der Waals surface area contributed by atoms with Crippen molar-refractivity contribution in [2.24, 2.45) is 0 Å². The molecule has 0 unspecified atom stereocenters. The highest BCUT2D eigenvalue weighted by Gasteiger charge is 2.49. The summed E-state index contributed by atoms with van der Waals surface area (Å²) >= 11 is 0. The number of methoxy groups -OCH3 is 1. The van der Waals surface area contributed by atoms with Gasteiger partial charge in [0.2, 0.25) is 5.91 Å². The number of ether oxygens (including phenoxy) is 2. The first-order valence-electron chi connectivity index (χ1n) is 10.8. The van der Waals surface area contributed by atoms with Crippen molar-refractivity contribution in [3.63, 3.8) is 0 Å². The summed E-state index contributed by atoms with van der Waals surface area (Å²) < 4.78 is 10.4. The molecule has 0 radical (unpaired) electrons. The summed E-state index contributed by atoms with van der Waals surface area (Å²) in [6, 6.07) is 9.28. The van der Waals surface area contributed by atoms with Crippen LogP contribution < -0.4 is 4.90 Å². The summed E-state index contributed by atoms with van der Waals surface area (Å²) in [4.78, 5) is 41.5. The fourth-order valence-corrected chi connectivity index (χ4v) is 3.87. The zero-order valence-electron chi connectivity index (χ0n) is 18.4. The third kappa shape index (κ3) is 5.81. The summed E-state index contributed by atoms with van der Waals surface area (Å²) in [6.07, 6.45) is 3.38. The summed E-state index contributed by atoms with van der Waals surface area (Å²) in [5, 5.41) is 0. The van der Waals surface area contributed by atoms with E-state index in [1.807, 2.05) is 30.3 Å². The number of esters is 2. The van der Waals surface area contributed by atoms with Gasteiger partial charge in [-0.3, -0.25) is 14.5 Å². The topological polar surface area (TPSA) is 76.2 Å². The number of piperidine rings is 1. The zero-order valence-corrected chi connectivity index (χ0v) is 18.4. The van der Waals surface area contributed by atoms with Gasteiger partial charge in [0, 0.05) is 31.7 Å². The van der Waals surface area contributed by atoms with Crippen LogP contribution in [0, 0.1) is 0 Å². The Morgan fingerprint density at radius 2 is 1.77 bits per heavy atom. The summed E-state index contributed by atoms with van der Waals surface area (Å²) in [7, 11) is 1.36. The van der Waals surface area contributed by atoms with Gasteiger partial charge in [0.05, 0.1) is 20.1 Å². The fourth-order valence-electron chi connectivity index (χ4n) is 3.87. The molecular formula is C23H34N2O5. The molecule has 1 fully saturated rings. The highest BCUT2D eigenvalue weighted by molar-refractivity contribution is 6.02. The third-order valence-corrected chi connectivity index (χ3v) is 5.64. The maximum absolute atomic E-state index is 12.9. The van der Waals surface area contributed by atoms with Crippen molar-refractivity contribution in [2.75, 3.05) is 38.3 Å². The van der Waals surface area contributed by atoms with E-state index in [4.69, 9.17) is 9.47 Å². The van der Waals surface area contributed by atoms with Gasteiger partial charge in [0.25, 0.3) is 0 Å². The smallest absolute Gasteiger partial charge is 0.332 e. The van der Waals surface area contributed by atoms with Crippen LogP contribution in [0.1, 0.15) is 52.4 Å². The normalized spacial score (nSPS) is 16.0. The van der Waals surface area contributed by atoms with Gasteiger partial charge in [0.1, 0.15) is 5.54 Å². The maximum atomic E-state index is 12.9. The molecule has 1 amide bonds. The van der Waals surface area contributed by atoms with Gasteiger partial charge in [-0.25, -0.2) is 4.79 Å². The highest BCUT2D eigenvalue weighted by Crippen LogP contribution is 2.35. The standard InChI is InChI=1S/C23H34N2O5/c1-4-6-18-30-21(27)12-15-24-16-13-23(14-17-24,22(28)29-3)25(20(26)5-2)19-10-8-7-9-11-19/h7-11H,4-6,12-18H2,1-3H3. The molecule has 30 heavy (non-hydrogen) atoms. The van der Waals surface area contributed by atoms with Crippen molar-refractivity contribution >= 4 is 23.5 Å². The van der Waals surface area contributed by atoms with E-state index < -0.39 is 11.5 Å². The number of hydrogen-bond donors (Lipinski definition) is 0. The SMILES string of the molecule is CCCCOC(=O)CCN1CCC(C(=O)OC)(N(C(=O)CC)c2ccccc2)CC1. The molecule has 1 aliphatic rings. The molecule has 0 atom stereocenters. The minimum absolute atomic E-state index is 0.112. The molecule has 7 heteroatoms. The molecule has 0 spiro atoms. The number of nitrogens with zero attached hydrogens (tertiary/aromatic N) is 2. The first-order valence-corrected chi connectivity index (χ1v) is 10.8. The van der Waals surface area contributed by atoms with Crippen molar-refractivity contribution in [1.82, 2.24) is 4.90 Å². The second-order valence-electron chi connectivity index (χ2n) is 7.61. The van der Waals surface area contributed by atoms with Crippen LogP contribution in [0.15, 0.2) is 30.3 Å². The van der Waals surface area contributed by atoms with E-state index in [2.05, 4.69) is 11.8 Å². The quantitative estimate of drug-likeness (QED) is 0.429. The fraction of sp³-hybridized carbons (Fsp3) is 0.609. The largest absolute Gasteiger partial charge is 0.467 e. The number of para-hydroxylation sites is 1. The van der Waals surface area contributed by atoms with E-state index in [9.17, 15) is 14.4 Å². The van der Waals surface area contributed by atoms with Crippen LogP contribution in [-0.2, 0) is 23.9 Å². The lowest BCUT2D eigenvalue weighted by molar-refractivity contribution is -0.151. The van der Waals surface area contributed by atoms with E-state index in [1.165, 1.54) is 7.11 Å². The minimum Gasteiger partial charge on any atom is -0.467 e. The minimum atomic E-state index is -1.04. The van der Waals surface area contributed by atoms with Crippen molar-refractivity contribution in [3.8, 4) is 0 Å². The van der Waals surface area contributed by atoms with E-state index >= 15 is 0 Å². The Kier molecular flexibility index (Phi) is 9.30. The average Bonchev–Trinajstić information content (AvgIpc) is 2.78. The van der Waals surface area contributed by atoms with Crippen molar-refractivity contribution < 1.29 is 23.9 Å². The average molecular weight is 419 g/mol. The highest BCUT2D eigenvalue weighted by atomic mass is 16.5. The van der Waals surface area contributed by atoms with E-state index in [0.717, 1.165) is 12.8 Å². The van der Waals surface area contributed by atoms with Crippen LogP contribution in [0.5, 0.6) is 0 Å². The molecule has 0 N–H and O–H groups in total. The van der Waals surface area contributed by atoms with E-state index in [1.54, 1.807) is 11.8 Å². The van der Waals surface area contributed by atoms with Crippen molar-refractivity contribution in [1.29, 1.82) is 0 Å². The third-order valence-electron chi connectivity index (χ3n) is 5.64.